The molecule has 0 fully saturated rings. The van der Waals surface area contributed by atoms with Crippen LogP contribution < -0.4 is 21.5 Å². The third kappa shape index (κ3) is 1.96. The fourth-order valence-electron chi connectivity index (χ4n) is 0.826. The van der Waals surface area contributed by atoms with Crippen molar-refractivity contribution in [3.63, 3.8) is 0 Å². The van der Waals surface area contributed by atoms with Crippen LogP contribution in [0.25, 0.3) is 0 Å². The van der Waals surface area contributed by atoms with E-state index in [0.29, 0.717) is 0 Å². The minimum atomic E-state index is -0.402. The molecule has 4 heteroatoms. The lowest BCUT2D eigenvalue weighted by Crippen LogP contribution is -2.48. The number of benzene rings is 1. The van der Waals surface area contributed by atoms with Gasteiger partial charge in [0.25, 0.3) is 0 Å². The first-order chi connectivity index (χ1) is 5.24. The average molecular weight is 150 g/mol. The first kappa shape index (κ1) is 8.10. The van der Waals surface area contributed by atoms with Gasteiger partial charge in [0.15, 0.2) is 0 Å². The lowest BCUT2D eigenvalue weighted by molar-refractivity contribution is 0.415. The Kier molecular flexibility index (Phi) is 2.51. The number of hydrogen-bond acceptors (Lipinski definition) is 3. The second kappa shape index (κ2) is 3.41. The van der Waals surface area contributed by atoms with Crippen molar-refractivity contribution in [3.8, 4) is 5.75 Å². The molecule has 0 spiro atoms. The van der Waals surface area contributed by atoms with Crippen molar-refractivity contribution in [3.05, 3.63) is 24.3 Å². The molecule has 0 aliphatic rings. The second-order valence-corrected chi connectivity index (χ2v) is 2.30. The lowest BCUT2D eigenvalue weighted by Gasteiger charge is -2.02. The molecule has 0 saturated heterocycles. The van der Waals surface area contributed by atoms with Crippen molar-refractivity contribution >= 4 is 12.4 Å². The summed E-state index contributed by atoms with van der Waals surface area (Å²) in [4.78, 5) is 0. The zero-order chi connectivity index (χ0) is 8.27. The van der Waals surface area contributed by atoms with Crippen LogP contribution >= 0.6 is 0 Å². The molecular formula is C7H11BN2O. The van der Waals surface area contributed by atoms with E-state index in [0.717, 1.165) is 11.2 Å². The number of ether oxygens (including phenoxy) is 1. The van der Waals surface area contributed by atoms with Crippen LogP contribution in [0.1, 0.15) is 0 Å². The molecule has 0 radical (unpaired) electrons. The van der Waals surface area contributed by atoms with Gasteiger partial charge in [-0.3, -0.25) is 0 Å². The van der Waals surface area contributed by atoms with Gasteiger partial charge in [-0.2, -0.15) is 0 Å². The minimum absolute atomic E-state index is 0.402. The first-order valence-electron chi connectivity index (χ1n) is 3.39. The van der Waals surface area contributed by atoms with E-state index in [-0.39, 0.29) is 0 Å². The number of nitrogens with two attached hydrogens (primary N) is 2. The summed E-state index contributed by atoms with van der Waals surface area (Å²) < 4.78 is 4.97. The van der Waals surface area contributed by atoms with Crippen LogP contribution in [0.3, 0.4) is 0 Å². The smallest absolute Gasteiger partial charge is 0.335 e. The Hall–Kier alpha value is -0.995. The third-order valence-corrected chi connectivity index (χ3v) is 1.50. The second-order valence-electron chi connectivity index (χ2n) is 2.30. The van der Waals surface area contributed by atoms with Gasteiger partial charge in [-0.25, -0.2) is 0 Å². The van der Waals surface area contributed by atoms with E-state index in [4.69, 9.17) is 16.0 Å². The SMILES string of the molecule is COc1ccc(B(N)N)cc1. The highest BCUT2D eigenvalue weighted by Crippen LogP contribution is 2.04. The molecule has 0 aromatic heterocycles. The molecular weight excluding hydrogens is 139 g/mol. The van der Waals surface area contributed by atoms with Gasteiger partial charge in [0.2, 0.25) is 0 Å². The van der Waals surface area contributed by atoms with E-state index < -0.39 is 6.98 Å². The third-order valence-electron chi connectivity index (χ3n) is 1.50. The molecule has 1 aromatic rings. The van der Waals surface area contributed by atoms with Gasteiger partial charge in [0, 0.05) is 0 Å². The number of hydrogen-bond donors (Lipinski definition) is 2. The first-order valence-corrected chi connectivity index (χ1v) is 3.39. The molecule has 0 unspecified atom stereocenters. The number of methoxy groups -OCH3 is 1. The Morgan fingerprint density at radius 2 is 1.73 bits per heavy atom. The Bertz CT molecular complexity index is 222. The topological polar surface area (TPSA) is 61.3 Å². The van der Waals surface area contributed by atoms with Crippen molar-refractivity contribution < 1.29 is 4.74 Å². The summed E-state index contributed by atoms with van der Waals surface area (Å²) in [6.45, 7) is -0.402. The van der Waals surface area contributed by atoms with Gasteiger partial charge < -0.3 is 16.0 Å². The van der Waals surface area contributed by atoms with E-state index in [1.54, 1.807) is 7.11 Å². The summed E-state index contributed by atoms with van der Waals surface area (Å²) in [5.74, 6) is 0.814. The molecule has 0 bridgehead atoms. The summed E-state index contributed by atoms with van der Waals surface area (Å²) in [7, 11) is 1.62. The molecule has 58 valence electrons. The maximum Gasteiger partial charge on any atom is 0.335 e. The fraction of sp³-hybridized carbons (Fsp3) is 0.143. The highest BCUT2D eigenvalue weighted by atomic mass is 16.5. The largest absolute Gasteiger partial charge is 0.497 e. The molecule has 0 amide bonds. The quantitative estimate of drug-likeness (QED) is 0.548. The predicted molar refractivity (Wildman–Crippen MR) is 46.8 cm³/mol. The van der Waals surface area contributed by atoms with Crippen molar-refractivity contribution in [1.29, 1.82) is 0 Å². The van der Waals surface area contributed by atoms with Crippen molar-refractivity contribution in [2.75, 3.05) is 7.11 Å². The summed E-state index contributed by atoms with van der Waals surface area (Å²) in [6, 6.07) is 7.37. The summed E-state index contributed by atoms with van der Waals surface area (Å²) in [5.41, 5.74) is 11.8. The Balaban J connectivity index is 2.83. The highest BCUT2D eigenvalue weighted by molar-refractivity contribution is 6.67. The molecule has 0 aliphatic carbocycles. The van der Waals surface area contributed by atoms with Crippen LogP contribution in [0.15, 0.2) is 24.3 Å². The van der Waals surface area contributed by atoms with E-state index >= 15 is 0 Å². The van der Waals surface area contributed by atoms with Gasteiger partial charge >= 0.3 is 6.98 Å². The van der Waals surface area contributed by atoms with Gasteiger partial charge in [0.1, 0.15) is 5.75 Å². The van der Waals surface area contributed by atoms with E-state index in [1.807, 2.05) is 24.3 Å². The number of rotatable bonds is 2. The van der Waals surface area contributed by atoms with Gasteiger partial charge in [-0.1, -0.05) is 12.1 Å². The van der Waals surface area contributed by atoms with Crippen LogP contribution in [0.4, 0.5) is 0 Å². The van der Waals surface area contributed by atoms with Gasteiger partial charge in [-0.15, -0.1) is 0 Å². The molecule has 3 nitrogen and oxygen atoms in total. The Morgan fingerprint density at radius 1 is 1.18 bits per heavy atom. The minimum Gasteiger partial charge on any atom is -0.497 e. The van der Waals surface area contributed by atoms with Crippen molar-refractivity contribution in [1.82, 2.24) is 0 Å². The van der Waals surface area contributed by atoms with E-state index in [2.05, 4.69) is 0 Å². The van der Waals surface area contributed by atoms with Crippen molar-refractivity contribution in [2.24, 2.45) is 11.3 Å². The Morgan fingerprint density at radius 3 is 2.09 bits per heavy atom. The molecule has 0 atom stereocenters. The molecule has 0 heterocycles. The van der Waals surface area contributed by atoms with Gasteiger partial charge in [0.05, 0.1) is 7.11 Å². The summed E-state index contributed by atoms with van der Waals surface area (Å²) in [6.07, 6.45) is 0. The van der Waals surface area contributed by atoms with Crippen LogP contribution in [-0.2, 0) is 0 Å². The summed E-state index contributed by atoms with van der Waals surface area (Å²) in [5, 5.41) is 0. The lowest BCUT2D eigenvalue weighted by atomic mass is 9.72. The zero-order valence-electron chi connectivity index (χ0n) is 6.45. The standard InChI is InChI=1S/C7H11BN2O/c1-11-7-4-2-6(3-5-7)8(9)10/h2-5H,9-10H2,1H3. The van der Waals surface area contributed by atoms with Crippen molar-refractivity contribution in [2.45, 2.75) is 0 Å². The molecule has 0 aliphatic heterocycles. The van der Waals surface area contributed by atoms with E-state index in [9.17, 15) is 0 Å². The molecule has 11 heavy (non-hydrogen) atoms. The maximum atomic E-state index is 5.44. The fourth-order valence-corrected chi connectivity index (χ4v) is 0.826. The summed E-state index contributed by atoms with van der Waals surface area (Å²) >= 11 is 0. The maximum absolute atomic E-state index is 5.44. The molecule has 1 aromatic carbocycles. The molecule has 4 N–H and O–H groups in total. The Labute approximate surface area is 66.5 Å². The molecule has 1 rings (SSSR count). The highest BCUT2D eigenvalue weighted by Gasteiger charge is 2.03. The monoisotopic (exact) mass is 150 g/mol. The van der Waals surface area contributed by atoms with E-state index in [1.165, 1.54) is 0 Å². The van der Waals surface area contributed by atoms with Gasteiger partial charge in [-0.05, 0) is 17.6 Å². The molecule has 0 saturated carbocycles. The normalized spacial score (nSPS) is 9.36. The average Bonchev–Trinajstić information content (AvgIpc) is 2.05. The zero-order valence-corrected chi connectivity index (χ0v) is 6.45. The van der Waals surface area contributed by atoms with Crippen LogP contribution in [0.5, 0.6) is 5.75 Å². The van der Waals surface area contributed by atoms with Crippen LogP contribution in [-0.4, -0.2) is 14.1 Å². The predicted octanol–water partition coefficient (Wildman–Crippen LogP) is -0.692. The van der Waals surface area contributed by atoms with Crippen LogP contribution in [0, 0.1) is 0 Å². The van der Waals surface area contributed by atoms with Crippen LogP contribution in [0.2, 0.25) is 0 Å².